The Kier molecular flexibility index (Phi) is 55.5. The summed E-state index contributed by atoms with van der Waals surface area (Å²) in [7, 11) is -4.41. The van der Waals surface area contributed by atoms with Crippen molar-refractivity contribution < 1.29 is 37.6 Å². The molecule has 0 aliphatic rings. The average molecular weight is 1060 g/mol. The van der Waals surface area contributed by atoms with Crippen molar-refractivity contribution in [2.75, 3.05) is 26.4 Å². The predicted molar refractivity (Wildman–Crippen MR) is 320 cm³/mol. The molecule has 0 bridgehead atoms. The quantitative estimate of drug-likeness (QED) is 0.0264. The molecule has 0 radical (unpaired) electrons. The molecule has 0 aliphatic heterocycles. The molecule has 0 rings (SSSR count). The van der Waals surface area contributed by atoms with Crippen molar-refractivity contribution in [1.29, 1.82) is 0 Å². The highest BCUT2D eigenvalue weighted by atomic mass is 31.2. The molecule has 0 spiro atoms. The van der Waals surface area contributed by atoms with E-state index in [2.05, 4.69) is 172 Å². The van der Waals surface area contributed by atoms with Crippen molar-refractivity contribution >= 4 is 19.8 Å². The second-order valence-corrected chi connectivity index (χ2v) is 19.9. The number of hydrogen-bond donors (Lipinski definition) is 2. The van der Waals surface area contributed by atoms with Crippen LogP contribution in [0.4, 0.5) is 0 Å². The summed E-state index contributed by atoms with van der Waals surface area (Å²) in [5, 5.41) is 0. The molecule has 9 nitrogen and oxygen atoms in total. The summed E-state index contributed by atoms with van der Waals surface area (Å²) in [4.78, 5) is 35.1. The van der Waals surface area contributed by atoms with Crippen LogP contribution in [-0.4, -0.2) is 49.3 Å². The van der Waals surface area contributed by atoms with Crippen LogP contribution in [0.3, 0.4) is 0 Å². The Morgan fingerprint density at radius 1 is 0.413 bits per heavy atom. The van der Waals surface area contributed by atoms with Crippen LogP contribution in [0.15, 0.2) is 158 Å². The Balaban J connectivity index is 4.07. The second kappa shape index (κ2) is 58.9. The highest BCUT2D eigenvalue weighted by molar-refractivity contribution is 7.47. The second-order valence-electron chi connectivity index (χ2n) is 18.4. The number of ether oxygens (including phenoxy) is 2. The Hall–Kier alpha value is -4.37. The van der Waals surface area contributed by atoms with E-state index < -0.39 is 32.5 Å². The highest BCUT2D eigenvalue weighted by Crippen LogP contribution is 2.43. The van der Waals surface area contributed by atoms with Crippen molar-refractivity contribution in [3.63, 3.8) is 0 Å². The van der Waals surface area contributed by atoms with Gasteiger partial charge in [-0.2, -0.15) is 0 Å². The van der Waals surface area contributed by atoms with Gasteiger partial charge in [-0.05, 0) is 128 Å². The largest absolute Gasteiger partial charge is 0.472 e. The van der Waals surface area contributed by atoms with E-state index in [4.69, 9.17) is 24.3 Å². The highest BCUT2D eigenvalue weighted by Gasteiger charge is 2.26. The van der Waals surface area contributed by atoms with E-state index in [1.807, 2.05) is 0 Å². The Labute approximate surface area is 458 Å². The number of phosphoric ester groups is 1. The maximum absolute atomic E-state index is 12.7. The molecule has 0 aliphatic carbocycles. The van der Waals surface area contributed by atoms with Gasteiger partial charge in [0.05, 0.1) is 13.2 Å². The molecule has 0 aromatic heterocycles. The van der Waals surface area contributed by atoms with Gasteiger partial charge < -0.3 is 20.1 Å². The van der Waals surface area contributed by atoms with Crippen LogP contribution in [0.5, 0.6) is 0 Å². The van der Waals surface area contributed by atoms with E-state index in [0.717, 1.165) is 141 Å². The van der Waals surface area contributed by atoms with Crippen LogP contribution >= 0.6 is 7.82 Å². The van der Waals surface area contributed by atoms with Gasteiger partial charge in [0.15, 0.2) is 6.10 Å². The van der Waals surface area contributed by atoms with E-state index in [9.17, 15) is 19.0 Å². The summed E-state index contributed by atoms with van der Waals surface area (Å²) in [6.45, 7) is 3.53. The molecule has 2 atom stereocenters. The lowest BCUT2D eigenvalue weighted by Gasteiger charge is -2.19. The van der Waals surface area contributed by atoms with E-state index >= 15 is 0 Å². The van der Waals surface area contributed by atoms with Crippen molar-refractivity contribution in [2.24, 2.45) is 5.73 Å². The first-order chi connectivity index (χ1) is 36.8. The van der Waals surface area contributed by atoms with E-state index in [1.54, 1.807) is 0 Å². The molecule has 0 aromatic rings. The molecule has 0 amide bonds. The molecule has 0 fully saturated rings. The zero-order valence-electron chi connectivity index (χ0n) is 47.0. The van der Waals surface area contributed by atoms with Crippen molar-refractivity contribution in [1.82, 2.24) is 0 Å². The Morgan fingerprint density at radius 2 is 0.733 bits per heavy atom. The lowest BCUT2D eigenvalue weighted by atomic mass is 10.1. The van der Waals surface area contributed by atoms with Gasteiger partial charge in [-0.3, -0.25) is 18.6 Å². The number of rotatable bonds is 52. The summed E-state index contributed by atoms with van der Waals surface area (Å²) < 4.78 is 32.9. The van der Waals surface area contributed by atoms with Crippen LogP contribution in [0.1, 0.15) is 206 Å². The van der Waals surface area contributed by atoms with Gasteiger partial charge in [0.25, 0.3) is 0 Å². The molecule has 10 heteroatoms. The zero-order chi connectivity index (χ0) is 54.5. The number of nitrogens with two attached hydrogens (primary N) is 1. The molecule has 0 heterocycles. The zero-order valence-corrected chi connectivity index (χ0v) is 47.9. The number of esters is 2. The van der Waals surface area contributed by atoms with Crippen LogP contribution < -0.4 is 5.73 Å². The molecule has 0 aromatic carbocycles. The molecule has 3 N–H and O–H groups in total. The van der Waals surface area contributed by atoms with Crippen LogP contribution in [0, 0.1) is 0 Å². The minimum absolute atomic E-state index is 0.0395. The number of carbonyl (C=O) groups excluding carboxylic acids is 2. The molecule has 2 unspecified atom stereocenters. The summed E-state index contributed by atoms with van der Waals surface area (Å²) in [5.41, 5.74) is 5.37. The summed E-state index contributed by atoms with van der Waals surface area (Å²) in [5.74, 6) is -0.879. The van der Waals surface area contributed by atoms with Gasteiger partial charge in [0.2, 0.25) is 0 Å². The predicted octanol–water partition coefficient (Wildman–Crippen LogP) is 18.5. The maximum Gasteiger partial charge on any atom is 0.472 e. The van der Waals surface area contributed by atoms with Crippen molar-refractivity contribution in [2.45, 2.75) is 213 Å². The molecule has 0 saturated heterocycles. The summed E-state index contributed by atoms with van der Waals surface area (Å²) in [6, 6.07) is 0. The van der Waals surface area contributed by atoms with E-state index in [0.29, 0.717) is 12.8 Å². The smallest absolute Gasteiger partial charge is 0.462 e. The monoisotopic (exact) mass is 1060 g/mol. The number of phosphoric acid groups is 1. The molecular weight excluding hydrogens is 954 g/mol. The Morgan fingerprint density at radius 3 is 1.09 bits per heavy atom. The van der Waals surface area contributed by atoms with E-state index in [1.165, 1.54) is 25.7 Å². The summed E-state index contributed by atoms with van der Waals surface area (Å²) in [6.07, 6.45) is 85.8. The molecule has 422 valence electrons. The lowest BCUT2D eigenvalue weighted by Crippen LogP contribution is -2.29. The van der Waals surface area contributed by atoms with Gasteiger partial charge in [0.1, 0.15) is 6.61 Å². The molecule has 75 heavy (non-hydrogen) atoms. The SMILES string of the molecule is CC/C=C\C/C=C\C/C=C\C/C=C\C/C=C\C/C=C\C/C=C\C/C=C\C/C=C\C/C=C\C/C=C\CCCCCCCC(=O)OC(COC(=O)CCCCCCC/C=C\C/C=C\CCCCC)COP(=O)(O)OCCN. The first-order valence-corrected chi connectivity index (χ1v) is 30.5. The fourth-order valence-corrected chi connectivity index (χ4v) is 7.90. The lowest BCUT2D eigenvalue weighted by molar-refractivity contribution is -0.161. The third-order valence-electron chi connectivity index (χ3n) is 11.4. The van der Waals surface area contributed by atoms with Gasteiger partial charge in [0, 0.05) is 19.4 Å². The third-order valence-corrected chi connectivity index (χ3v) is 12.4. The fourth-order valence-electron chi connectivity index (χ4n) is 7.14. The van der Waals surface area contributed by atoms with Gasteiger partial charge in [-0.15, -0.1) is 0 Å². The first-order valence-electron chi connectivity index (χ1n) is 29.0. The molecular formula is C65H104NO8P. The van der Waals surface area contributed by atoms with Crippen molar-refractivity contribution in [3.05, 3.63) is 158 Å². The number of allylic oxidation sites excluding steroid dienone is 26. The number of hydrogen-bond acceptors (Lipinski definition) is 8. The standard InChI is InChI=1S/C65H104NO8P/c1-3-5-7-9-11-13-15-17-19-20-21-22-23-24-25-26-27-28-29-30-31-32-33-34-35-36-37-38-39-40-41-42-44-46-48-50-52-54-56-58-65(68)74-63(62-73-75(69,70)72-60-59-66)61-71-64(67)57-55-53-51-49-47-45-43-18-16-14-12-10-8-6-4-2/h5,7,11-14,17-19,21-22,24-25,27-28,30-31,33-34,36-37,39-40,42-44,63H,3-4,6,8-10,15-16,20,23,26,29,32,35,38,41,45-62,66H2,1-2H3,(H,69,70)/b7-5-,13-11-,14-12-,19-17-,22-21-,25-24-,28-27-,31-30-,34-33-,37-36-,40-39-,43-18-,44-42-. The number of carbonyl (C=O) groups is 2. The first kappa shape index (κ1) is 70.6. The minimum Gasteiger partial charge on any atom is -0.462 e. The normalized spacial score (nSPS) is 14.2. The van der Waals surface area contributed by atoms with Crippen LogP contribution in [0.25, 0.3) is 0 Å². The van der Waals surface area contributed by atoms with Crippen LogP contribution in [-0.2, 0) is 32.7 Å². The fraction of sp³-hybridized carbons (Fsp3) is 0.569. The van der Waals surface area contributed by atoms with Crippen molar-refractivity contribution in [3.8, 4) is 0 Å². The number of unbranched alkanes of at least 4 members (excludes halogenated alkanes) is 13. The van der Waals surface area contributed by atoms with Gasteiger partial charge in [-0.1, -0.05) is 223 Å². The third kappa shape index (κ3) is 58.7. The van der Waals surface area contributed by atoms with Gasteiger partial charge in [-0.25, -0.2) is 4.57 Å². The van der Waals surface area contributed by atoms with Crippen LogP contribution in [0.2, 0.25) is 0 Å². The summed E-state index contributed by atoms with van der Waals surface area (Å²) >= 11 is 0. The topological polar surface area (TPSA) is 134 Å². The average Bonchev–Trinajstić information content (AvgIpc) is 3.40. The minimum atomic E-state index is -4.41. The maximum atomic E-state index is 12.7. The molecule has 0 saturated carbocycles. The van der Waals surface area contributed by atoms with Gasteiger partial charge >= 0.3 is 19.8 Å². The van der Waals surface area contributed by atoms with E-state index in [-0.39, 0.29) is 32.6 Å². The Bertz CT molecular complexity index is 1780.